The lowest BCUT2D eigenvalue weighted by Gasteiger charge is -2.14. The normalized spacial score (nSPS) is 15.3. The molecule has 0 spiro atoms. The van der Waals surface area contributed by atoms with Crippen molar-refractivity contribution in [2.45, 2.75) is 20.4 Å². The Morgan fingerprint density at radius 1 is 1.03 bits per heavy atom. The summed E-state index contributed by atoms with van der Waals surface area (Å²) in [4.78, 5) is 26.7. The van der Waals surface area contributed by atoms with Gasteiger partial charge in [-0.05, 0) is 67.6 Å². The molecule has 1 aliphatic rings. The maximum atomic E-state index is 14.1. The van der Waals surface area contributed by atoms with E-state index in [4.69, 9.17) is 34.8 Å². The van der Waals surface area contributed by atoms with E-state index in [0.29, 0.717) is 10.0 Å². The number of aryl methyl sites for hydroxylation is 1. The Morgan fingerprint density at radius 2 is 1.72 bits per heavy atom. The number of amides is 2. The van der Waals surface area contributed by atoms with Crippen molar-refractivity contribution in [1.29, 1.82) is 0 Å². The van der Waals surface area contributed by atoms with Crippen molar-refractivity contribution < 1.29 is 14.0 Å². The SMILES string of the molecule is Cc1cc(/C=C2\SC(=O)N(Cc3c(F)cccc3Cl)C2=O)c(C)n1-c1cccc(Cl)c1Cl. The molecule has 0 aliphatic carbocycles. The van der Waals surface area contributed by atoms with Gasteiger partial charge >= 0.3 is 0 Å². The van der Waals surface area contributed by atoms with Gasteiger partial charge in [0.15, 0.2) is 0 Å². The van der Waals surface area contributed by atoms with Crippen LogP contribution in [0.1, 0.15) is 22.5 Å². The van der Waals surface area contributed by atoms with Crippen LogP contribution in [0.3, 0.4) is 0 Å². The highest BCUT2D eigenvalue weighted by molar-refractivity contribution is 8.18. The molecule has 0 atom stereocenters. The summed E-state index contributed by atoms with van der Waals surface area (Å²) >= 11 is 19.4. The second-order valence-electron chi connectivity index (χ2n) is 7.20. The van der Waals surface area contributed by atoms with Crippen LogP contribution in [0.4, 0.5) is 9.18 Å². The minimum Gasteiger partial charge on any atom is -0.316 e. The zero-order valence-corrected chi connectivity index (χ0v) is 20.0. The van der Waals surface area contributed by atoms with Crippen molar-refractivity contribution in [2.24, 2.45) is 0 Å². The van der Waals surface area contributed by atoms with E-state index in [-0.39, 0.29) is 22.0 Å². The van der Waals surface area contributed by atoms with Crippen LogP contribution in [0.25, 0.3) is 11.8 Å². The summed E-state index contributed by atoms with van der Waals surface area (Å²) in [5, 5.41) is 0.540. The van der Waals surface area contributed by atoms with Crippen molar-refractivity contribution in [2.75, 3.05) is 0 Å². The van der Waals surface area contributed by atoms with Gasteiger partial charge in [0.25, 0.3) is 11.1 Å². The Hall–Kier alpha value is -2.25. The number of benzene rings is 2. The predicted octanol–water partition coefficient (Wildman–Crippen LogP) is 7.43. The van der Waals surface area contributed by atoms with Crippen LogP contribution < -0.4 is 0 Å². The lowest BCUT2D eigenvalue weighted by Crippen LogP contribution is -2.28. The van der Waals surface area contributed by atoms with E-state index in [1.807, 2.05) is 30.5 Å². The number of hydrogen-bond acceptors (Lipinski definition) is 3. The summed E-state index contributed by atoms with van der Waals surface area (Å²) in [6.07, 6.45) is 1.66. The Balaban J connectivity index is 1.68. The number of carbonyl (C=O) groups is 2. The molecule has 0 bridgehead atoms. The maximum Gasteiger partial charge on any atom is 0.293 e. The van der Waals surface area contributed by atoms with Crippen molar-refractivity contribution >= 4 is 63.8 Å². The molecule has 3 aromatic rings. The largest absolute Gasteiger partial charge is 0.316 e. The van der Waals surface area contributed by atoms with E-state index >= 15 is 0 Å². The third-order valence-electron chi connectivity index (χ3n) is 5.18. The number of aromatic nitrogens is 1. The first-order valence-corrected chi connectivity index (χ1v) is 11.5. The molecule has 0 saturated carbocycles. The summed E-state index contributed by atoms with van der Waals surface area (Å²) in [6, 6.07) is 11.5. The number of nitrogens with zero attached hydrogens (tertiary/aromatic N) is 2. The fourth-order valence-corrected chi connectivity index (χ4v) is 5.02. The zero-order chi connectivity index (χ0) is 23.2. The van der Waals surface area contributed by atoms with Gasteiger partial charge in [-0.15, -0.1) is 0 Å². The highest BCUT2D eigenvalue weighted by Crippen LogP contribution is 2.37. The van der Waals surface area contributed by atoms with Crippen LogP contribution in [-0.4, -0.2) is 20.6 Å². The smallest absolute Gasteiger partial charge is 0.293 e. The topological polar surface area (TPSA) is 42.3 Å². The summed E-state index contributed by atoms with van der Waals surface area (Å²) in [7, 11) is 0. The molecule has 4 rings (SSSR count). The van der Waals surface area contributed by atoms with Crippen LogP contribution in [0.2, 0.25) is 15.1 Å². The minimum atomic E-state index is -0.567. The molecule has 1 aromatic heterocycles. The molecule has 0 radical (unpaired) electrons. The number of rotatable bonds is 4. The molecule has 2 amide bonds. The number of halogens is 4. The minimum absolute atomic E-state index is 0.103. The van der Waals surface area contributed by atoms with Gasteiger partial charge in [0.05, 0.1) is 27.2 Å². The van der Waals surface area contributed by atoms with Gasteiger partial charge in [-0.25, -0.2) is 4.39 Å². The first-order chi connectivity index (χ1) is 15.2. The Morgan fingerprint density at radius 3 is 2.44 bits per heavy atom. The first kappa shape index (κ1) is 22.9. The van der Waals surface area contributed by atoms with E-state index in [1.165, 1.54) is 18.2 Å². The molecule has 2 aromatic carbocycles. The molecule has 1 saturated heterocycles. The number of imide groups is 1. The summed E-state index contributed by atoms with van der Waals surface area (Å²) in [6.45, 7) is 3.57. The van der Waals surface area contributed by atoms with Crippen molar-refractivity contribution in [3.05, 3.63) is 90.8 Å². The van der Waals surface area contributed by atoms with Gasteiger partial charge in [-0.2, -0.15) is 0 Å². The zero-order valence-electron chi connectivity index (χ0n) is 17.0. The van der Waals surface area contributed by atoms with Crippen molar-refractivity contribution in [3.8, 4) is 5.69 Å². The van der Waals surface area contributed by atoms with Crippen LogP contribution in [0.15, 0.2) is 47.4 Å². The summed E-state index contributed by atoms with van der Waals surface area (Å²) in [5.41, 5.74) is 3.29. The monoisotopic (exact) mass is 508 g/mol. The van der Waals surface area contributed by atoms with Gasteiger partial charge < -0.3 is 4.57 Å². The molecular weight excluding hydrogens is 494 g/mol. The van der Waals surface area contributed by atoms with E-state index in [9.17, 15) is 14.0 Å². The number of thioether (sulfide) groups is 1. The number of carbonyl (C=O) groups excluding carboxylic acids is 2. The fourth-order valence-electron chi connectivity index (χ4n) is 3.59. The van der Waals surface area contributed by atoms with Gasteiger partial charge in [-0.3, -0.25) is 14.5 Å². The third-order valence-corrected chi connectivity index (χ3v) is 7.25. The second-order valence-corrected chi connectivity index (χ2v) is 9.39. The van der Waals surface area contributed by atoms with Crippen LogP contribution in [0.5, 0.6) is 0 Å². The Bertz CT molecular complexity index is 1280. The highest BCUT2D eigenvalue weighted by atomic mass is 35.5. The quantitative estimate of drug-likeness (QED) is 0.343. The van der Waals surface area contributed by atoms with E-state index in [1.54, 1.807) is 18.2 Å². The summed E-state index contributed by atoms with van der Waals surface area (Å²) in [5.74, 6) is -1.06. The predicted molar refractivity (Wildman–Crippen MR) is 128 cm³/mol. The van der Waals surface area contributed by atoms with Gasteiger partial charge in [0.2, 0.25) is 0 Å². The van der Waals surface area contributed by atoms with Gasteiger partial charge in [0, 0.05) is 22.0 Å². The molecule has 1 fully saturated rings. The average molecular weight is 510 g/mol. The van der Waals surface area contributed by atoms with Crippen LogP contribution in [-0.2, 0) is 11.3 Å². The first-order valence-electron chi connectivity index (χ1n) is 9.50. The molecule has 0 unspecified atom stereocenters. The van der Waals surface area contributed by atoms with Gasteiger partial charge in [-0.1, -0.05) is 46.9 Å². The molecule has 4 nitrogen and oxygen atoms in total. The molecule has 1 aliphatic heterocycles. The van der Waals surface area contributed by atoms with E-state index in [2.05, 4.69) is 0 Å². The van der Waals surface area contributed by atoms with E-state index < -0.39 is 17.0 Å². The van der Waals surface area contributed by atoms with Crippen molar-refractivity contribution in [3.63, 3.8) is 0 Å². The molecule has 2 heterocycles. The Kier molecular flexibility index (Phi) is 6.41. The molecule has 164 valence electrons. The van der Waals surface area contributed by atoms with Crippen LogP contribution >= 0.6 is 46.6 Å². The summed E-state index contributed by atoms with van der Waals surface area (Å²) < 4.78 is 16.1. The number of hydrogen-bond donors (Lipinski definition) is 0. The molecule has 32 heavy (non-hydrogen) atoms. The lowest BCUT2D eigenvalue weighted by molar-refractivity contribution is -0.123. The highest BCUT2D eigenvalue weighted by Gasteiger charge is 2.36. The van der Waals surface area contributed by atoms with Crippen molar-refractivity contribution in [1.82, 2.24) is 9.47 Å². The van der Waals surface area contributed by atoms with Crippen LogP contribution in [0, 0.1) is 19.7 Å². The van der Waals surface area contributed by atoms with Gasteiger partial charge in [0.1, 0.15) is 5.82 Å². The maximum absolute atomic E-state index is 14.1. The lowest BCUT2D eigenvalue weighted by atomic mass is 10.2. The standard InChI is InChI=1S/C23H16Cl3FN2O2S/c1-12-9-14(13(2)29(12)19-8-4-6-17(25)21(19)26)10-20-22(30)28(23(31)32-20)11-15-16(24)5-3-7-18(15)27/h3-10H,11H2,1-2H3/b20-10-. The van der Waals surface area contributed by atoms with E-state index in [0.717, 1.165) is 39.3 Å². The molecule has 9 heteroatoms. The third kappa shape index (κ3) is 4.08. The Labute approximate surface area is 203 Å². The fraction of sp³-hybridized carbons (Fsp3) is 0.130. The second kappa shape index (κ2) is 8.94. The average Bonchev–Trinajstić information content (AvgIpc) is 3.16. The molecular formula is C23H16Cl3FN2O2S. The molecule has 0 N–H and O–H groups in total.